The minimum atomic E-state index is -0.247. The molecule has 2 heterocycles. The van der Waals surface area contributed by atoms with E-state index in [-0.39, 0.29) is 6.10 Å². The van der Waals surface area contributed by atoms with Gasteiger partial charge in [0.1, 0.15) is 0 Å². The van der Waals surface area contributed by atoms with Crippen molar-refractivity contribution in [3.63, 3.8) is 0 Å². The second kappa shape index (κ2) is 8.24. The van der Waals surface area contributed by atoms with Crippen molar-refractivity contribution in [1.29, 1.82) is 0 Å². The molecule has 0 unspecified atom stereocenters. The Morgan fingerprint density at radius 3 is 2.69 bits per heavy atom. The van der Waals surface area contributed by atoms with E-state index in [0.717, 1.165) is 58.7 Å². The predicted octanol–water partition coefficient (Wildman–Crippen LogP) is 4.72. The third-order valence-corrected chi connectivity index (χ3v) is 5.74. The second-order valence-electron chi connectivity index (χ2n) is 7.37. The van der Waals surface area contributed by atoms with Gasteiger partial charge in [-0.25, -0.2) is 4.85 Å². The molecule has 4 rings (SSSR count). The first-order chi connectivity index (χ1) is 14.0. The third kappa shape index (κ3) is 4.12. The molecule has 0 atom stereocenters. The summed E-state index contributed by atoms with van der Waals surface area (Å²) < 4.78 is 0. The molecule has 2 N–H and O–H groups in total. The molecular formula is C22H22ClN5O. The molecule has 7 heteroatoms. The molecule has 148 valence electrons. The number of aliphatic hydroxyl groups excluding tert-OH is 1. The number of anilines is 2. The summed E-state index contributed by atoms with van der Waals surface area (Å²) in [5, 5.41) is 24.7. The van der Waals surface area contributed by atoms with Crippen LogP contribution in [-0.4, -0.2) is 34.5 Å². The van der Waals surface area contributed by atoms with E-state index in [1.165, 1.54) is 0 Å². The van der Waals surface area contributed by atoms with Gasteiger partial charge in [-0.1, -0.05) is 35.9 Å². The molecule has 1 aliphatic rings. The Hall–Kier alpha value is -2.88. The highest BCUT2D eigenvalue weighted by Crippen LogP contribution is 2.33. The van der Waals surface area contributed by atoms with Crippen LogP contribution in [-0.2, 0) is 6.54 Å². The fraction of sp³-hybridized carbons (Fsp3) is 0.318. The van der Waals surface area contributed by atoms with Crippen LogP contribution in [0.4, 0.5) is 17.3 Å². The van der Waals surface area contributed by atoms with Crippen molar-refractivity contribution in [2.75, 3.05) is 23.3 Å². The maximum Gasteiger partial charge on any atom is 0.188 e. The zero-order valence-electron chi connectivity index (χ0n) is 16.2. The molecule has 1 aromatic heterocycles. The highest BCUT2D eigenvalue weighted by molar-refractivity contribution is 6.31. The van der Waals surface area contributed by atoms with Gasteiger partial charge in [0.2, 0.25) is 0 Å². The topological polar surface area (TPSA) is 65.6 Å². The molecule has 0 spiro atoms. The summed E-state index contributed by atoms with van der Waals surface area (Å²) in [5.41, 5.74) is 2.69. The Balaban J connectivity index is 1.67. The van der Waals surface area contributed by atoms with Gasteiger partial charge in [0.25, 0.3) is 0 Å². The van der Waals surface area contributed by atoms with Crippen LogP contribution in [0.1, 0.15) is 24.0 Å². The van der Waals surface area contributed by atoms with Gasteiger partial charge in [-0.05, 0) is 43.0 Å². The molecule has 0 aliphatic carbocycles. The average Bonchev–Trinajstić information content (AvgIpc) is 2.74. The van der Waals surface area contributed by atoms with Crippen LogP contribution in [0.15, 0.2) is 36.4 Å². The minimum Gasteiger partial charge on any atom is -0.393 e. The van der Waals surface area contributed by atoms with E-state index < -0.39 is 0 Å². The van der Waals surface area contributed by atoms with E-state index in [9.17, 15) is 5.11 Å². The van der Waals surface area contributed by atoms with Crippen LogP contribution in [0.2, 0.25) is 5.02 Å². The van der Waals surface area contributed by atoms with Crippen LogP contribution in [0.3, 0.4) is 0 Å². The largest absolute Gasteiger partial charge is 0.393 e. The summed E-state index contributed by atoms with van der Waals surface area (Å²) in [6, 6.07) is 11.5. The standard InChI is InChI=1S/C22H22ClN5O/c1-14-11-15(3-6-20(14)23)13-25-21-19-12-16(24-2)4-5-18(19)22(27-26-21)28-9-7-17(29)8-10-28/h3-6,11-12,17,29H,7-10,13H2,1H3,(H,25,26). The van der Waals surface area contributed by atoms with Crippen LogP contribution >= 0.6 is 11.6 Å². The number of benzene rings is 2. The Morgan fingerprint density at radius 2 is 1.97 bits per heavy atom. The van der Waals surface area contributed by atoms with Gasteiger partial charge in [-0.15, -0.1) is 10.2 Å². The number of fused-ring (bicyclic) bond motifs is 1. The molecule has 29 heavy (non-hydrogen) atoms. The first-order valence-corrected chi connectivity index (χ1v) is 10.0. The summed E-state index contributed by atoms with van der Waals surface area (Å²) in [6.45, 7) is 11.4. The number of nitrogens with zero attached hydrogens (tertiary/aromatic N) is 4. The highest BCUT2D eigenvalue weighted by Gasteiger charge is 2.21. The maximum absolute atomic E-state index is 9.80. The van der Waals surface area contributed by atoms with Crippen molar-refractivity contribution in [3.8, 4) is 0 Å². The lowest BCUT2D eigenvalue weighted by Gasteiger charge is -2.31. The number of halogens is 1. The fourth-order valence-corrected chi connectivity index (χ4v) is 3.76. The molecule has 1 fully saturated rings. The number of nitrogens with one attached hydrogen (secondary N) is 1. The number of hydrogen-bond acceptors (Lipinski definition) is 5. The molecule has 0 bridgehead atoms. The smallest absolute Gasteiger partial charge is 0.188 e. The average molecular weight is 408 g/mol. The lowest BCUT2D eigenvalue weighted by Crippen LogP contribution is -2.36. The van der Waals surface area contributed by atoms with Gasteiger partial charge in [0.15, 0.2) is 17.3 Å². The van der Waals surface area contributed by atoms with Gasteiger partial charge >= 0.3 is 0 Å². The van der Waals surface area contributed by atoms with E-state index in [1.54, 1.807) is 0 Å². The monoisotopic (exact) mass is 407 g/mol. The van der Waals surface area contributed by atoms with Crippen molar-refractivity contribution in [1.82, 2.24) is 10.2 Å². The molecule has 0 radical (unpaired) electrons. The normalized spacial score (nSPS) is 14.8. The van der Waals surface area contributed by atoms with Gasteiger partial charge in [-0.2, -0.15) is 0 Å². The Bertz CT molecular complexity index is 1090. The van der Waals surface area contributed by atoms with Crippen molar-refractivity contribution >= 4 is 39.7 Å². The molecule has 0 saturated carbocycles. The maximum atomic E-state index is 9.80. The van der Waals surface area contributed by atoms with Crippen molar-refractivity contribution in [3.05, 3.63) is 64.0 Å². The van der Waals surface area contributed by atoms with E-state index in [0.29, 0.717) is 18.1 Å². The number of rotatable bonds is 4. The Labute approximate surface area is 175 Å². The molecule has 2 aromatic carbocycles. The van der Waals surface area contributed by atoms with E-state index in [2.05, 4.69) is 25.3 Å². The number of piperidine rings is 1. The van der Waals surface area contributed by atoms with Crippen molar-refractivity contribution in [2.24, 2.45) is 0 Å². The fourth-order valence-electron chi connectivity index (χ4n) is 3.64. The number of hydrogen-bond donors (Lipinski definition) is 2. The zero-order valence-corrected chi connectivity index (χ0v) is 16.9. The van der Waals surface area contributed by atoms with Gasteiger partial charge < -0.3 is 15.3 Å². The SMILES string of the molecule is [C-]#[N+]c1ccc2c(N3CCC(O)CC3)nnc(NCc3ccc(Cl)c(C)c3)c2c1. The van der Waals surface area contributed by atoms with Gasteiger partial charge in [0, 0.05) is 35.4 Å². The van der Waals surface area contributed by atoms with Crippen LogP contribution in [0.25, 0.3) is 15.6 Å². The highest BCUT2D eigenvalue weighted by atomic mass is 35.5. The summed E-state index contributed by atoms with van der Waals surface area (Å²) in [5.74, 6) is 1.45. The van der Waals surface area contributed by atoms with E-state index >= 15 is 0 Å². The third-order valence-electron chi connectivity index (χ3n) is 5.32. The second-order valence-corrected chi connectivity index (χ2v) is 7.78. The molecule has 0 amide bonds. The summed E-state index contributed by atoms with van der Waals surface area (Å²) >= 11 is 6.12. The van der Waals surface area contributed by atoms with Gasteiger partial charge in [-0.3, -0.25) is 0 Å². The minimum absolute atomic E-state index is 0.247. The first kappa shape index (κ1) is 19.4. The van der Waals surface area contributed by atoms with Crippen LogP contribution < -0.4 is 10.2 Å². The lowest BCUT2D eigenvalue weighted by atomic mass is 10.1. The number of aromatic nitrogens is 2. The first-order valence-electron chi connectivity index (χ1n) is 9.65. The Morgan fingerprint density at radius 1 is 1.17 bits per heavy atom. The molecule has 3 aromatic rings. The van der Waals surface area contributed by atoms with Crippen molar-refractivity contribution < 1.29 is 5.11 Å². The number of aryl methyl sites for hydroxylation is 1. The van der Waals surface area contributed by atoms with Crippen molar-refractivity contribution in [2.45, 2.75) is 32.4 Å². The molecule has 1 saturated heterocycles. The lowest BCUT2D eigenvalue weighted by molar-refractivity contribution is 0.145. The van der Waals surface area contributed by atoms with Crippen LogP contribution in [0, 0.1) is 13.5 Å². The molecular weight excluding hydrogens is 386 g/mol. The molecule has 1 aliphatic heterocycles. The van der Waals surface area contributed by atoms with Gasteiger partial charge in [0.05, 0.1) is 12.7 Å². The molecule has 6 nitrogen and oxygen atoms in total. The van der Waals surface area contributed by atoms with E-state index in [1.807, 2.05) is 43.3 Å². The Kier molecular flexibility index (Phi) is 5.52. The summed E-state index contributed by atoms with van der Waals surface area (Å²) in [4.78, 5) is 5.72. The quantitative estimate of drug-likeness (QED) is 0.613. The number of aliphatic hydroxyl groups is 1. The predicted molar refractivity (Wildman–Crippen MR) is 117 cm³/mol. The summed E-state index contributed by atoms with van der Waals surface area (Å²) in [7, 11) is 0. The van der Waals surface area contributed by atoms with E-state index in [4.69, 9.17) is 18.2 Å². The van der Waals surface area contributed by atoms with Crippen LogP contribution in [0.5, 0.6) is 0 Å². The zero-order chi connectivity index (χ0) is 20.4. The summed E-state index contributed by atoms with van der Waals surface area (Å²) in [6.07, 6.45) is 1.20.